The predicted octanol–water partition coefficient (Wildman–Crippen LogP) is 1.36. The highest BCUT2D eigenvalue weighted by molar-refractivity contribution is 5.81. The molecule has 22 heavy (non-hydrogen) atoms. The molecule has 0 heterocycles. The molecule has 1 aliphatic carbocycles. The second-order valence-corrected chi connectivity index (χ2v) is 6.04. The maximum Gasteiger partial charge on any atom is 0.223 e. The molecule has 1 aromatic rings. The Kier molecular flexibility index (Phi) is 5.41. The number of carbonyl (C=O) groups excluding carboxylic acids is 1. The summed E-state index contributed by atoms with van der Waals surface area (Å²) in [6.07, 6.45) is 2.89. The van der Waals surface area contributed by atoms with Crippen molar-refractivity contribution in [2.24, 2.45) is 4.99 Å². The van der Waals surface area contributed by atoms with E-state index in [0.717, 1.165) is 12.5 Å². The molecule has 5 heteroatoms. The minimum atomic E-state index is 0.117. The maximum absolute atomic E-state index is 11.6. The standard InChI is InChI=1S/C17H26N4O/c1-18-16(19-12-9-15(22)21(2)3)20-13-17(10-11-17)14-7-5-4-6-8-14/h4-8H,9-13H2,1-3H3,(H2,18,19,20). The van der Waals surface area contributed by atoms with Crippen LogP contribution in [0.2, 0.25) is 0 Å². The molecule has 2 rings (SSSR count). The molecule has 1 aliphatic rings. The Morgan fingerprint density at radius 2 is 1.91 bits per heavy atom. The third kappa shape index (κ3) is 4.23. The summed E-state index contributed by atoms with van der Waals surface area (Å²) in [6.45, 7) is 1.47. The Bertz CT molecular complexity index is 521. The molecule has 1 amide bonds. The number of benzene rings is 1. The first-order valence-electron chi connectivity index (χ1n) is 7.77. The van der Waals surface area contributed by atoms with Crippen LogP contribution in [-0.4, -0.2) is 51.0 Å². The van der Waals surface area contributed by atoms with Crippen LogP contribution in [0.25, 0.3) is 0 Å². The molecule has 0 aromatic heterocycles. The second kappa shape index (κ2) is 7.29. The molecular weight excluding hydrogens is 276 g/mol. The van der Waals surface area contributed by atoms with Gasteiger partial charge in [0, 0.05) is 46.1 Å². The third-order valence-corrected chi connectivity index (χ3v) is 4.19. The number of nitrogens with one attached hydrogen (secondary N) is 2. The molecule has 0 spiro atoms. The minimum absolute atomic E-state index is 0.117. The van der Waals surface area contributed by atoms with E-state index in [1.807, 2.05) is 0 Å². The Hall–Kier alpha value is -2.04. The second-order valence-electron chi connectivity index (χ2n) is 6.04. The van der Waals surface area contributed by atoms with Crippen LogP contribution < -0.4 is 10.6 Å². The first-order chi connectivity index (χ1) is 10.6. The van der Waals surface area contributed by atoms with E-state index in [2.05, 4.69) is 46.0 Å². The van der Waals surface area contributed by atoms with Crippen molar-refractivity contribution in [2.45, 2.75) is 24.7 Å². The van der Waals surface area contributed by atoms with Crippen molar-refractivity contribution < 1.29 is 4.79 Å². The van der Waals surface area contributed by atoms with Gasteiger partial charge in [-0.05, 0) is 18.4 Å². The van der Waals surface area contributed by atoms with Gasteiger partial charge in [0.05, 0.1) is 0 Å². The molecule has 0 radical (unpaired) electrons. The van der Waals surface area contributed by atoms with Crippen molar-refractivity contribution in [3.05, 3.63) is 35.9 Å². The van der Waals surface area contributed by atoms with Gasteiger partial charge < -0.3 is 15.5 Å². The molecule has 0 unspecified atom stereocenters. The van der Waals surface area contributed by atoms with Crippen LogP contribution in [0.4, 0.5) is 0 Å². The first kappa shape index (κ1) is 16.3. The van der Waals surface area contributed by atoms with Crippen LogP contribution in [0, 0.1) is 0 Å². The quantitative estimate of drug-likeness (QED) is 0.616. The van der Waals surface area contributed by atoms with Gasteiger partial charge >= 0.3 is 0 Å². The molecule has 1 fully saturated rings. The average Bonchev–Trinajstić information content (AvgIpc) is 3.32. The lowest BCUT2D eigenvalue weighted by atomic mass is 9.96. The normalized spacial score (nSPS) is 16.0. The number of hydrogen-bond donors (Lipinski definition) is 2. The van der Waals surface area contributed by atoms with Gasteiger partial charge in [0.2, 0.25) is 5.91 Å². The maximum atomic E-state index is 11.6. The fourth-order valence-corrected chi connectivity index (χ4v) is 2.50. The van der Waals surface area contributed by atoms with Crippen LogP contribution in [0.15, 0.2) is 35.3 Å². The number of rotatable bonds is 6. The van der Waals surface area contributed by atoms with Crippen molar-refractivity contribution in [3.63, 3.8) is 0 Å². The molecule has 0 atom stereocenters. The lowest BCUT2D eigenvalue weighted by molar-refractivity contribution is -0.128. The summed E-state index contributed by atoms with van der Waals surface area (Å²) in [7, 11) is 5.30. The smallest absolute Gasteiger partial charge is 0.223 e. The highest BCUT2D eigenvalue weighted by atomic mass is 16.2. The Labute approximate surface area is 132 Å². The molecule has 1 aromatic carbocycles. The largest absolute Gasteiger partial charge is 0.356 e. The number of guanidine groups is 1. The van der Waals surface area contributed by atoms with E-state index < -0.39 is 0 Å². The van der Waals surface area contributed by atoms with E-state index in [1.165, 1.54) is 18.4 Å². The van der Waals surface area contributed by atoms with E-state index in [0.29, 0.717) is 13.0 Å². The van der Waals surface area contributed by atoms with Crippen LogP contribution in [0.5, 0.6) is 0 Å². The van der Waals surface area contributed by atoms with Crippen LogP contribution >= 0.6 is 0 Å². The van der Waals surface area contributed by atoms with Crippen molar-refractivity contribution in [1.82, 2.24) is 15.5 Å². The highest BCUT2D eigenvalue weighted by Crippen LogP contribution is 2.47. The number of nitrogens with zero attached hydrogens (tertiary/aromatic N) is 2. The first-order valence-corrected chi connectivity index (χ1v) is 7.77. The van der Waals surface area contributed by atoms with Crippen molar-refractivity contribution in [3.8, 4) is 0 Å². The van der Waals surface area contributed by atoms with Crippen molar-refractivity contribution in [1.29, 1.82) is 0 Å². The van der Waals surface area contributed by atoms with Crippen LogP contribution in [-0.2, 0) is 10.2 Å². The summed E-state index contributed by atoms with van der Waals surface area (Å²) in [5, 5.41) is 6.59. The molecule has 5 nitrogen and oxygen atoms in total. The Balaban J connectivity index is 1.79. The molecule has 120 valence electrons. The average molecular weight is 302 g/mol. The summed E-state index contributed by atoms with van der Waals surface area (Å²) >= 11 is 0. The molecular formula is C17H26N4O. The molecule has 0 bridgehead atoms. The lowest BCUT2D eigenvalue weighted by Gasteiger charge is -2.19. The zero-order chi connectivity index (χ0) is 16.0. The SMILES string of the molecule is CN=C(NCCC(=O)N(C)C)NCC1(c2ccccc2)CC1. The van der Waals surface area contributed by atoms with Crippen molar-refractivity contribution >= 4 is 11.9 Å². The summed E-state index contributed by atoms with van der Waals surface area (Å²) in [4.78, 5) is 17.4. The Morgan fingerprint density at radius 3 is 2.45 bits per heavy atom. The van der Waals surface area contributed by atoms with Gasteiger partial charge in [-0.15, -0.1) is 0 Å². The lowest BCUT2D eigenvalue weighted by Crippen LogP contribution is -2.42. The number of aliphatic imine (C=N–C) groups is 1. The van der Waals surface area contributed by atoms with Gasteiger partial charge in [0.25, 0.3) is 0 Å². The highest BCUT2D eigenvalue weighted by Gasteiger charge is 2.43. The van der Waals surface area contributed by atoms with Crippen LogP contribution in [0.3, 0.4) is 0 Å². The number of hydrogen-bond acceptors (Lipinski definition) is 2. The summed E-state index contributed by atoms with van der Waals surface area (Å²) in [5.41, 5.74) is 1.64. The monoisotopic (exact) mass is 302 g/mol. The van der Waals surface area contributed by atoms with E-state index in [-0.39, 0.29) is 11.3 Å². The van der Waals surface area contributed by atoms with Gasteiger partial charge in [-0.1, -0.05) is 30.3 Å². The van der Waals surface area contributed by atoms with Gasteiger partial charge in [-0.2, -0.15) is 0 Å². The summed E-state index contributed by atoms with van der Waals surface area (Å²) < 4.78 is 0. The number of amides is 1. The van der Waals surface area contributed by atoms with Gasteiger partial charge in [-0.3, -0.25) is 9.79 Å². The van der Waals surface area contributed by atoms with E-state index in [1.54, 1.807) is 26.0 Å². The number of carbonyl (C=O) groups is 1. The topological polar surface area (TPSA) is 56.7 Å². The Morgan fingerprint density at radius 1 is 1.23 bits per heavy atom. The zero-order valence-corrected chi connectivity index (χ0v) is 13.7. The van der Waals surface area contributed by atoms with E-state index >= 15 is 0 Å². The fraction of sp³-hybridized carbons (Fsp3) is 0.529. The van der Waals surface area contributed by atoms with Gasteiger partial charge in [0.1, 0.15) is 0 Å². The van der Waals surface area contributed by atoms with Crippen LogP contribution in [0.1, 0.15) is 24.8 Å². The van der Waals surface area contributed by atoms with Gasteiger partial charge in [0.15, 0.2) is 5.96 Å². The van der Waals surface area contributed by atoms with Crippen molar-refractivity contribution in [2.75, 3.05) is 34.2 Å². The van der Waals surface area contributed by atoms with E-state index in [9.17, 15) is 4.79 Å². The molecule has 1 saturated carbocycles. The molecule has 2 N–H and O–H groups in total. The molecule has 0 aliphatic heterocycles. The summed E-state index contributed by atoms with van der Waals surface area (Å²) in [6, 6.07) is 10.6. The van der Waals surface area contributed by atoms with E-state index in [4.69, 9.17) is 0 Å². The van der Waals surface area contributed by atoms with Gasteiger partial charge in [-0.25, -0.2) is 0 Å². The summed E-state index contributed by atoms with van der Waals surface area (Å²) in [5.74, 6) is 0.875. The minimum Gasteiger partial charge on any atom is -0.356 e. The fourth-order valence-electron chi connectivity index (χ4n) is 2.50. The third-order valence-electron chi connectivity index (χ3n) is 4.19. The predicted molar refractivity (Wildman–Crippen MR) is 90.0 cm³/mol. The zero-order valence-electron chi connectivity index (χ0n) is 13.7. The molecule has 0 saturated heterocycles.